The molecule has 3 nitrogen and oxygen atoms in total. The van der Waals surface area contributed by atoms with E-state index in [2.05, 4.69) is 35.5 Å². The van der Waals surface area contributed by atoms with Crippen LogP contribution in [0.5, 0.6) is 0 Å². The maximum absolute atomic E-state index is 5.99. The molecule has 2 unspecified atom stereocenters. The van der Waals surface area contributed by atoms with Gasteiger partial charge in [0.15, 0.2) is 0 Å². The standard InChI is InChI=1S/C13H19N3/c1-4-13-15-11-7-5-6-8-12(11)16(13)10(3)9(2)14/h5-10H,4,14H2,1-3H3. The van der Waals surface area contributed by atoms with Crippen molar-refractivity contribution in [3.8, 4) is 0 Å². The maximum Gasteiger partial charge on any atom is 0.109 e. The Morgan fingerprint density at radius 3 is 2.62 bits per heavy atom. The first-order valence-electron chi connectivity index (χ1n) is 5.86. The normalized spacial score (nSPS) is 15.2. The molecular weight excluding hydrogens is 198 g/mol. The van der Waals surface area contributed by atoms with Crippen LogP contribution in [0.1, 0.15) is 32.6 Å². The van der Waals surface area contributed by atoms with Gasteiger partial charge in [0.1, 0.15) is 5.82 Å². The summed E-state index contributed by atoms with van der Waals surface area (Å²) >= 11 is 0. The number of benzene rings is 1. The van der Waals surface area contributed by atoms with E-state index in [-0.39, 0.29) is 12.1 Å². The molecule has 0 aliphatic heterocycles. The van der Waals surface area contributed by atoms with Crippen LogP contribution in [0.15, 0.2) is 24.3 Å². The van der Waals surface area contributed by atoms with E-state index in [4.69, 9.17) is 5.73 Å². The first-order chi connectivity index (χ1) is 7.65. The lowest BCUT2D eigenvalue weighted by Gasteiger charge is -2.20. The number of imidazole rings is 1. The smallest absolute Gasteiger partial charge is 0.109 e. The molecule has 0 radical (unpaired) electrons. The van der Waals surface area contributed by atoms with Gasteiger partial charge in [-0.25, -0.2) is 4.98 Å². The molecule has 0 amide bonds. The summed E-state index contributed by atoms with van der Waals surface area (Å²) < 4.78 is 2.26. The van der Waals surface area contributed by atoms with Crippen LogP contribution in [0.2, 0.25) is 0 Å². The van der Waals surface area contributed by atoms with Crippen LogP contribution < -0.4 is 5.73 Å². The third kappa shape index (κ3) is 1.71. The third-order valence-corrected chi connectivity index (χ3v) is 3.15. The highest BCUT2D eigenvalue weighted by molar-refractivity contribution is 5.76. The minimum Gasteiger partial charge on any atom is -0.326 e. The van der Waals surface area contributed by atoms with E-state index in [1.54, 1.807) is 0 Å². The molecule has 16 heavy (non-hydrogen) atoms. The van der Waals surface area contributed by atoms with Gasteiger partial charge in [-0.05, 0) is 26.0 Å². The molecule has 2 atom stereocenters. The number of fused-ring (bicyclic) bond motifs is 1. The van der Waals surface area contributed by atoms with Crippen molar-refractivity contribution in [2.75, 3.05) is 0 Å². The van der Waals surface area contributed by atoms with Crippen molar-refractivity contribution >= 4 is 11.0 Å². The molecule has 0 bridgehead atoms. The maximum atomic E-state index is 5.99. The van der Waals surface area contributed by atoms with Gasteiger partial charge in [-0.3, -0.25) is 0 Å². The second-order valence-electron chi connectivity index (χ2n) is 4.34. The van der Waals surface area contributed by atoms with Crippen molar-refractivity contribution in [3.05, 3.63) is 30.1 Å². The van der Waals surface area contributed by atoms with E-state index in [9.17, 15) is 0 Å². The summed E-state index contributed by atoms with van der Waals surface area (Å²) in [7, 11) is 0. The summed E-state index contributed by atoms with van der Waals surface area (Å²) in [5.41, 5.74) is 8.24. The fraction of sp³-hybridized carbons (Fsp3) is 0.462. The third-order valence-electron chi connectivity index (χ3n) is 3.15. The van der Waals surface area contributed by atoms with Crippen LogP contribution in [0.3, 0.4) is 0 Å². The molecule has 0 aliphatic carbocycles. The van der Waals surface area contributed by atoms with Gasteiger partial charge in [0.05, 0.1) is 11.0 Å². The zero-order valence-corrected chi connectivity index (χ0v) is 10.1. The van der Waals surface area contributed by atoms with E-state index in [0.717, 1.165) is 17.8 Å². The van der Waals surface area contributed by atoms with E-state index in [1.807, 2.05) is 19.1 Å². The van der Waals surface area contributed by atoms with Crippen LogP contribution in [-0.4, -0.2) is 15.6 Å². The predicted octanol–water partition coefficient (Wildman–Crippen LogP) is 2.51. The van der Waals surface area contributed by atoms with E-state index < -0.39 is 0 Å². The lowest BCUT2D eigenvalue weighted by molar-refractivity contribution is 0.462. The molecule has 0 fully saturated rings. The Balaban J connectivity index is 2.64. The summed E-state index contributed by atoms with van der Waals surface area (Å²) in [6.07, 6.45) is 0.936. The zero-order valence-electron chi connectivity index (χ0n) is 10.1. The van der Waals surface area contributed by atoms with Gasteiger partial charge in [0.2, 0.25) is 0 Å². The van der Waals surface area contributed by atoms with Crippen molar-refractivity contribution in [1.82, 2.24) is 9.55 Å². The Labute approximate surface area is 96.3 Å². The molecule has 86 valence electrons. The molecule has 1 heterocycles. The van der Waals surface area contributed by atoms with Gasteiger partial charge in [0, 0.05) is 18.5 Å². The monoisotopic (exact) mass is 217 g/mol. The Kier molecular flexibility index (Phi) is 2.97. The van der Waals surface area contributed by atoms with E-state index in [1.165, 1.54) is 5.52 Å². The number of hydrogen-bond acceptors (Lipinski definition) is 2. The van der Waals surface area contributed by atoms with Crippen LogP contribution in [0, 0.1) is 0 Å². The zero-order chi connectivity index (χ0) is 11.7. The number of hydrogen-bond donors (Lipinski definition) is 1. The van der Waals surface area contributed by atoms with Crippen LogP contribution in [-0.2, 0) is 6.42 Å². The first kappa shape index (κ1) is 11.1. The Morgan fingerprint density at radius 2 is 2.00 bits per heavy atom. The molecule has 2 N–H and O–H groups in total. The first-order valence-corrected chi connectivity index (χ1v) is 5.86. The van der Waals surface area contributed by atoms with Gasteiger partial charge in [-0.1, -0.05) is 19.1 Å². The number of nitrogens with two attached hydrogens (primary N) is 1. The molecule has 3 heteroatoms. The SMILES string of the molecule is CCc1nc2ccccc2n1C(C)C(C)N. The van der Waals surface area contributed by atoms with E-state index >= 15 is 0 Å². The topological polar surface area (TPSA) is 43.8 Å². The van der Waals surface area contributed by atoms with Crippen molar-refractivity contribution in [2.24, 2.45) is 5.73 Å². The minimum atomic E-state index is 0.128. The number of aryl methyl sites for hydroxylation is 1. The second-order valence-corrected chi connectivity index (χ2v) is 4.34. The lowest BCUT2D eigenvalue weighted by Crippen LogP contribution is -2.28. The second kappa shape index (κ2) is 4.26. The summed E-state index contributed by atoms with van der Waals surface area (Å²) in [6, 6.07) is 8.65. The average molecular weight is 217 g/mol. The summed E-state index contributed by atoms with van der Waals surface area (Å²) in [4.78, 5) is 4.64. The number of rotatable bonds is 3. The molecule has 2 aromatic rings. The fourth-order valence-corrected chi connectivity index (χ4v) is 2.03. The van der Waals surface area contributed by atoms with Crippen LogP contribution >= 0.6 is 0 Å². The average Bonchev–Trinajstić information content (AvgIpc) is 2.66. The largest absolute Gasteiger partial charge is 0.326 e. The van der Waals surface area contributed by atoms with Gasteiger partial charge in [-0.15, -0.1) is 0 Å². The Hall–Kier alpha value is -1.35. The molecule has 2 rings (SSSR count). The summed E-state index contributed by atoms with van der Waals surface area (Å²) in [5, 5.41) is 0. The van der Waals surface area contributed by atoms with Gasteiger partial charge < -0.3 is 10.3 Å². The van der Waals surface area contributed by atoms with Gasteiger partial charge >= 0.3 is 0 Å². The van der Waals surface area contributed by atoms with Crippen LogP contribution in [0.25, 0.3) is 11.0 Å². The fourth-order valence-electron chi connectivity index (χ4n) is 2.03. The van der Waals surface area contributed by atoms with Gasteiger partial charge in [0.25, 0.3) is 0 Å². The van der Waals surface area contributed by atoms with Crippen molar-refractivity contribution in [3.63, 3.8) is 0 Å². The number of nitrogens with zero attached hydrogens (tertiary/aromatic N) is 2. The Bertz CT molecular complexity index is 485. The number of aromatic nitrogens is 2. The molecule has 1 aromatic carbocycles. The summed E-state index contributed by atoms with van der Waals surface area (Å²) in [6.45, 7) is 6.32. The predicted molar refractivity (Wildman–Crippen MR) is 67.5 cm³/mol. The van der Waals surface area contributed by atoms with Crippen molar-refractivity contribution < 1.29 is 0 Å². The van der Waals surface area contributed by atoms with Crippen molar-refractivity contribution in [2.45, 2.75) is 39.3 Å². The number of para-hydroxylation sites is 2. The lowest BCUT2D eigenvalue weighted by atomic mass is 10.1. The Morgan fingerprint density at radius 1 is 1.31 bits per heavy atom. The highest BCUT2D eigenvalue weighted by Gasteiger charge is 2.16. The molecule has 0 aliphatic rings. The molecule has 0 saturated heterocycles. The highest BCUT2D eigenvalue weighted by atomic mass is 15.1. The summed E-state index contributed by atoms with van der Waals surface area (Å²) in [5.74, 6) is 1.12. The van der Waals surface area contributed by atoms with Crippen LogP contribution in [0.4, 0.5) is 0 Å². The van der Waals surface area contributed by atoms with Crippen molar-refractivity contribution in [1.29, 1.82) is 0 Å². The minimum absolute atomic E-state index is 0.128. The van der Waals surface area contributed by atoms with Gasteiger partial charge in [-0.2, -0.15) is 0 Å². The molecule has 0 spiro atoms. The highest BCUT2D eigenvalue weighted by Crippen LogP contribution is 2.22. The molecule has 0 saturated carbocycles. The molecular formula is C13H19N3. The quantitative estimate of drug-likeness (QED) is 0.858. The van der Waals surface area contributed by atoms with E-state index in [0.29, 0.717) is 0 Å². The molecule has 1 aromatic heterocycles.